The fourth-order valence-corrected chi connectivity index (χ4v) is 5.64. The third-order valence-corrected chi connectivity index (χ3v) is 7.32. The molecule has 4 aromatic rings. The van der Waals surface area contributed by atoms with Crippen LogP contribution in [0.2, 0.25) is 0 Å². The Morgan fingerprint density at radius 1 is 1.10 bits per heavy atom. The number of carbonyl (C=O) groups is 1. The molecule has 0 aliphatic carbocycles. The maximum atomic E-state index is 12.9. The third-order valence-electron chi connectivity index (χ3n) is 7.32. The molecule has 8 nitrogen and oxygen atoms in total. The minimum absolute atomic E-state index is 0.0174. The predicted octanol–water partition coefficient (Wildman–Crippen LogP) is 6.51. The van der Waals surface area contributed by atoms with E-state index in [2.05, 4.69) is 63.6 Å². The van der Waals surface area contributed by atoms with Crippen molar-refractivity contribution in [3.8, 4) is 16.9 Å². The first-order valence-corrected chi connectivity index (χ1v) is 13.2. The first-order valence-electron chi connectivity index (χ1n) is 13.2. The fourth-order valence-electron chi connectivity index (χ4n) is 5.64. The molecule has 1 aliphatic heterocycles. The van der Waals surface area contributed by atoms with Crippen molar-refractivity contribution in [3.05, 3.63) is 65.1 Å². The number of aromatic nitrogens is 3. The number of hydrogen-bond acceptors (Lipinski definition) is 6. The summed E-state index contributed by atoms with van der Waals surface area (Å²) in [5.74, 6) is 0.0834. The fraction of sp³-hybridized carbons (Fsp3) is 0.387. The van der Waals surface area contributed by atoms with Crippen molar-refractivity contribution in [2.24, 2.45) is 0 Å². The molecule has 0 spiro atoms. The van der Waals surface area contributed by atoms with E-state index in [0.717, 1.165) is 51.1 Å². The molecule has 204 valence electrons. The number of nitrogens with zero attached hydrogens (tertiary/aromatic N) is 4. The van der Waals surface area contributed by atoms with E-state index in [1.54, 1.807) is 19.5 Å². The highest BCUT2D eigenvalue weighted by Crippen LogP contribution is 2.50. The summed E-state index contributed by atoms with van der Waals surface area (Å²) in [7, 11) is 1.59. The molecule has 0 amide bonds. The molecule has 2 atom stereocenters. The Hall–Kier alpha value is -3.91. The Balaban J connectivity index is 1.91. The van der Waals surface area contributed by atoms with Crippen LogP contribution >= 0.6 is 0 Å². The molecule has 39 heavy (non-hydrogen) atoms. The topological polar surface area (TPSA) is 89.7 Å². The van der Waals surface area contributed by atoms with Gasteiger partial charge in [-0.1, -0.05) is 29.8 Å². The Morgan fingerprint density at radius 3 is 2.31 bits per heavy atom. The van der Waals surface area contributed by atoms with Crippen LogP contribution in [0.1, 0.15) is 56.2 Å². The number of anilines is 2. The van der Waals surface area contributed by atoms with Crippen molar-refractivity contribution >= 4 is 28.5 Å². The van der Waals surface area contributed by atoms with Crippen molar-refractivity contribution in [2.75, 3.05) is 12.0 Å². The van der Waals surface area contributed by atoms with E-state index >= 15 is 0 Å². The van der Waals surface area contributed by atoms with E-state index in [1.807, 2.05) is 34.6 Å². The Morgan fingerprint density at radius 2 is 1.74 bits per heavy atom. The summed E-state index contributed by atoms with van der Waals surface area (Å²) in [5.41, 5.74) is 6.83. The molecule has 0 saturated heterocycles. The normalized spacial score (nSPS) is 16.0. The summed E-state index contributed by atoms with van der Waals surface area (Å²) in [6, 6.07) is 10.4. The monoisotopic (exact) mass is 528 g/mol. The number of aliphatic carboxylic acids is 1. The first-order chi connectivity index (χ1) is 18.4. The van der Waals surface area contributed by atoms with E-state index in [1.165, 1.54) is 0 Å². The van der Waals surface area contributed by atoms with Gasteiger partial charge >= 0.3 is 5.97 Å². The number of ether oxygens (including phenoxy) is 2. The standard InChI is InChI=1S/C31H36N4O4/c1-17-9-11-21(12-10-17)25-23-13-18(2)34-16-19(3)35(30-32-14-22(38-8)15-33-30)26(27(23)34)20(4)24(25)28(29(36)37)39-31(5,6)7/h9-15,19,28H,16H2,1-8H3,(H,36,37)/t19-,28+/m1/s1. The largest absolute Gasteiger partial charge is 0.494 e. The van der Waals surface area contributed by atoms with Gasteiger partial charge in [0.05, 0.1) is 42.4 Å². The van der Waals surface area contributed by atoms with Gasteiger partial charge in [-0.25, -0.2) is 14.8 Å². The predicted molar refractivity (Wildman–Crippen MR) is 153 cm³/mol. The summed E-state index contributed by atoms with van der Waals surface area (Å²) >= 11 is 0. The molecule has 8 heteroatoms. The minimum Gasteiger partial charge on any atom is -0.494 e. The molecule has 0 saturated carbocycles. The number of carboxylic acid groups (broad SMARTS) is 1. The zero-order valence-electron chi connectivity index (χ0n) is 23.9. The van der Waals surface area contributed by atoms with E-state index in [-0.39, 0.29) is 6.04 Å². The molecule has 3 heterocycles. The highest BCUT2D eigenvalue weighted by atomic mass is 16.5. The minimum atomic E-state index is -1.18. The molecule has 0 fully saturated rings. The second-order valence-electron chi connectivity index (χ2n) is 11.4. The second-order valence-corrected chi connectivity index (χ2v) is 11.4. The van der Waals surface area contributed by atoms with Gasteiger partial charge in [-0.15, -0.1) is 0 Å². The van der Waals surface area contributed by atoms with Gasteiger partial charge in [0.2, 0.25) is 5.95 Å². The summed E-state index contributed by atoms with van der Waals surface area (Å²) in [6.45, 7) is 14.7. The van der Waals surface area contributed by atoms with Crippen LogP contribution in [0, 0.1) is 20.8 Å². The highest BCUT2D eigenvalue weighted by Gasteiger charge is 2.38. The maximum absolute atomic E-state index is 12.9. The zero-order chi connectivity index (χ0) is 28.2. The van der Waals surface area contributed by atoms with Crippen LogP contribution in [-0.4, -0.2) is 44.4 Å². The van der Waals surface area contributed by atoms with Crippen molar-refractivity contribution in [1.29, 1.82) is 0 Å². The van der Waals surface area contributed by atoms with Crippen LogP contribution in [0.4, 0.5) is 11.6 Å². The molecule has 1 aliphatic rings. The molecule has 0 bridgehead atoms. The van der Waals surface area contributed by atoms with Crippen LogP contribution in [0.15, 0.2) is 42.7 Å². The van der Waals surface area contributed by atoms with Gasteiger partial charge < -0.3 is 24.0 Å². The second kappa shape index (κ2) is 9.68. The van der Waals surface area contributed by atoms with Crippen molar-refractivity contribution in [2.45, 2.75) is 72.8 Å². The third kappa shape index (κ3) is 4.63. The summed E-state index contributed by atoms with van der Waals surface area (Å²) in [6.07, 6.45) is 2.14. The molecule has 2 aromatic carbocycles. The Kier molecular flexibility index (Phi) is 6.63. The first kappa shape index (κ1) is 26.7. The Labute approximate surface area is 229 Å². The lowest BCUT2D eigenvalue weighted by molar-refractivity contribution is -0.160. The van der Waals surface area contributed by atoms with E-state index in [9.17, 15) is 9.90 Å². The molecular formula is C31H36N4O4. The van der Waals surface area contributed by atoms with Gasteiger partial charge in [0.25, 0.3) is 0 Å². The zero-order valence-corrected chi connectivity index (χ0v) is 23.9. The number of hydrogen-bond donors (Lipinski definition) is 1. The van der Waals surface area contributed by atoms with Crippen molar-refractivity contribution in [3.63, 3.8) is 0 Å². The van der Waals surface area contributed by atoms with Crippen LogP contribution in [-0.2, 0) is 16.1 Å². The van der Waals surface area contributed by atoms with E-state index < -0.39 is 17.7 Å². The smallest absolute Gasteiger partial charge is 0.337 e. The Bertz CT molecular complexity index is 1550. The number of aryl methyl sites for hydroxylation is 2. The number of methoxy groups -OCH3 is 1. The summed E-state index contributed by atoms with van der Waals surface area (Å²) < 4.78 is 13.9. The van der Waals surface area contributed by atoms with Crippen molar-refractivity contribution in [1.82, 2.24) is 14.5 Å². The van der Waals surface area contributed by atoms with Gasteiger partial charge in [-0.3, -0.25) is 0 Å². The number of benzene rings is 2. The lowest BCUT2D eigenvalue weighted by Crippen LogP contribution is -2.38. The quantitative estimate of drug-likeness (QED) is 0.305. The van der Waals surface area contributed by atoms with Gasteiger partial charge in [-0.2, -0.15) is 0 Å². The van der Waals surface area contributed by atoms with Crippen LogP contribution < -0.4 is 9.64 Å². The number of carboxylic acids is 1. The van der Waals surface area contributed by atoms with Gasteiger partial charge in [0.15, 0.2) is 11.9 Å². The molecular weight excluding hydrogens is 492 g/mol. The molecule has 2 aromatic heterocycles. The maximum Gasteiger partial charge on any atom is 0.337 e. The van der Waals surface area contributed by atoms with Crippen molar-refractivity contribution < 1.29 is 19.4 Å². The van der Waals surface area contributed by atoms with Crippen LogP contribution in [0.25, 0.3) is 22.0 Å². The highest BCUT2D eigenvalue weighted by molar-refractivity contribution is 6.08. The van der Waals surface area contributed by atoms with Crippen LogP contribution in [0.3, 0.4) is 0 Å². The van der Waals surface area contributed by atoms with E-state index in [0.29, 0.717) is 17.3 Å². The number of rotatable bonds is 6. The molecule has 0 unspecified atom stereocenters. The lowest BCUT2D eigenvalue weighted by Gasteiger charge is -2.38. The molecule has 0 radical (unpaired) electrons. The average molecular weight is 529 g/mol. The van der Waals surface area contributed by atoms with Gasteiger partial charge in [0.1, 0.15) is 0 Å². The summed E-state index contributed by atoms with van der Waals surface area (Å²) in [4.78, 5) is 24.3. The van der Waals surface area contributed by atoms with Gasteiger partial charge in [-0.05, 0) is 71.2 Å². The SMILES string of the molecule is COc1cnc(N2c3c(C)c([C@H](OC(C)(C)C)C(=O)O)c(-c4ccc(C)cc4)c4cc(C)n(c34)C[C@H]2C)nc1. The van der Waals surface area contributed by atoms with Gasteiger partial charge in [0, 0.05) is 23.2 Å². The molecule has 5 rings (SSSR count). The van der Waals surface area contributed by atoms with Crippen LogP contribution in [0.5, 0.6) is 5.75 Å². The van der Waals surface area contributed by atoms with E-state index in [4.69, 9.17) is 9.47 Å². The average Bonchev–Trinajstić information content (AvgIpc) is 3.20. The molecule has 1 N–H and O–H groups in total. The lowest BCUT2D eigenvalue weighted by atomic mass is 9.86. The summed E-state index contributed by atoms with van der Waals surface area (Å²) in [5, 5.41) is 11.5.